The van der Waals surface area contributed by atoms with Gasteiger partial charge in [-0.15, -0.1) is 0 Å². The molecule has 0 aliphatic heterocycles. The average Bonchev–Trinajstić information content (AvgIpc) is 2.74. The zero-order valence-corrected chi connectivity index (χ0v) is 24.0. The summed E-state index contributed by atoms with van der Waals surface area (Å²) in [5.41, 5.74) is 3.33. The smallest absolute Gasteiger partial charge is 0.340 e. The molecule has 2 aromatic carbocycles. The number of benzene rings is 2. The van der Waals surface area contributed by atoms with Crippen LogP contribution < -0.4 is 9.47 Å². The van der Waals surface area contributed by atoms with E-state index >= 15 is 0 Å². The van der Waals surface area contributed by atoms with Crippen molar-refractivity contribution in [1.82, 2.24) is 0 Å². The van der Waals surface area contributed by atoms with Crippen LogP contribution in [-0.2, 0) is 34.0 Å². The van der Waals surface area contributed by atoms with Gasteiger partial charge in [0.25, 0.3) is 0 Å². The van der Waals surface area contributed by atoms with Gasteiger partial charge >= 0.3 is 20.2 Å². The highest BCUT2D eigenvalue weighted by Gasteiger charge is 2.27. The van der Waals surface area contributed by atoms with Gasteiger partial charge in [-0.1, -0.05) is 76.9 Å². The van der Waals surface area contributed by atoms with Gasteiger partial charge in [-0.2, -0.15) is 0 Å². The molecule has 2 aromatic rings. The first-order chi connectivity index (χ1) is 16.5. The van der Waals surface area contributed by atoms with E-state index in [2.05, 4.69) is 0 Å². The van der Waals surface area contributed by atoms with Crippen molar-refractivity contribution >= 4 is 20.2 Å². The van der Waals surface area contributed by atoms with E-state index in [0.29, 0.717) is 11.5 Å². The summed E-state index contributed by atoms with van der Waals surface area (Å²) in [7, 11) is -3.20. The molecule has 0 saturated carbocycles. The van der Waals surface area contributed by atoms with Crippen LogP contribution in [0.3, 0.4) is 0 Å². The number of ether oxygens (including phenoxy) is 2. The maximum absolute atomic E-state index is 12.6. The van der Waals surface area contributed by atoms with E-state index in [-0.39, 0.29) is 10.8 Å². The fourth-order valence-corrected chi connectivity index (χ4v) is 4.26. The van der Waals surface area contributed by atoms with Gasteiger partial charge in [0.05, 0.1) is 0 Å². The van der Waals surface area contributed by atoms with Gasteiger partial charge < -0.3 is 9.47 Å². The monoisotopic (exact) mass is 518 g/mol. The normalized spacial score (nSPS) is 14.6. The van der Waals surface area contributed by atoms with E-state index in [4.69, 9.17) is 18.5 Å². The summed E-state index contributed by atoms with van der Waals surface area (Å²) in [5.74, 6) is -0.593. The van der Waals surface area contributed by atoms with Gasteiger partial charge in [-0.25, -0.2) is 9.59 Å². The molecule has 2 rings (SSSR count). The molecule has 0 saturated heterocycles. The summed E-state index contributed by atoms with van der Waals surface area (Å²) >= 11 is 0. The van der Waals surface area contributed by atoms with Gasteiger partial charge in [-0.3, -0.25) is 13.6 Å². The summed E-state index contributed by atoms with van der Waals surface area (Å²) < 4.78 is 34.0. The number of hydrogen-bond acceptors (Lipinski definition) is 7. The van der Waals surface area contributed by atoms with Crippen molar-refractivity contribution in [2.24, 2.45) is 0 Å². The quantitative estimate of drug-likeness (QED) is 0.221. The van der Waals surface area contributed by atoms with Crippen molar-refractivity contribution < 1.29 is 32.7 Å². The predicted octanol–water partition coefficient (Wildman–Crippen LogP) is 6.61. The van der Waals surface area contributed by atoms with Crippen LogP contribution in [0.15, 0.2) is 36.4 Å². The number of aryl methyl sites for hydroxylation is 2. The SMILES string of the molecule is Cc1ccc(OC(=O)C(C)O[PH](=O)OC(C)C(=O)Oc2ccc(C)cc2C(C)(C)C)c(C(C)(C)C)c1. The van der Waals surface area contributed by atoms with Crippen molar-refractivity contribution in [3.05, 3.63) is 58.7 Å². The third-order valence-corrected chi connectivity index (χ3v) is 6.61. The lowest BCUT2D eigenvalue weighted by molar-refractivity contribution is -0.143. The minimum Gasteiger partial charge on any atom is -0.424 e. The van der Waals surface area contributed by atoms with E-state index in [1.807, 2.05) is 79.7 Å². The molecule has 0 aliphatic rings. The van der Waals surface area contributed by atoms with E-state index in [1.54, 1.807) is 12.1 Å². The number of esters is 2. The molecule has 2 unspecified atom stereocenters. The fraction of sp³-hybridized carbons (Fsp3) is 0.500. The molecule has 0 amide bonds. The molecule has 0 aromatic heterocycles. The average molecular weight is 519 g/mol. The Labute approximate surface area is 215 Å². The molecule has 7 nitrogen and oxygen atoms in total. The van der Waals surface area contributed by atoms with E-state index in [0.717, 1.165) is 22.3 Å². The van der Waals surface area contributed by atoms with Gasteiger partial charge in [0.2, 0.25) is 0 Å². The van der Waals surface area contributed by atoms with E-state index in [9.17, 15) is 14.2 Å². The minimum atomic E-state index is -3.20. The van der Waals surface area contributed by atoms with Crippen LogP contribution in [0.5, 0.6) is 11.5 Å². The zero-order chi connectivity index (χ0) is 27.4. The maximum atomic E-state index is 12.6. The lowest BCUT2D eigenvalue weighted by atomic mass is 9.85. The summed E-state index contributed by atoms with van der Waals surface area (Å²) in [6, 6.07) is 11.1. The topological polar surface area (TPSA) is 88.1 Å². The molecule has 0 N–H and O–H groups in total. The molecule has 0 bridgehead atoms. The van der Waals surface area contributed by atoms with Crippen molar-refractivity contribution in [2.75, 3.05) is 0 Å². The first-order valence-corrected chi connectivity index (χ1v) is 13.2. The summed E-state index contributed by atoms with van der Waals surface area (Å²) in [5, 5.41) is 0. The first-order valence-electron chi connectivity index (χ1n) is 12.0. The van der Waals surface area contributed by atoms with Crippen molar-refractivity contribution in [3.8, 4) is 11.5 Å². The van der Waals surface area contributed by atoms with E-state index < -0.39 is 32.4 Å². The Morgan fingerprint density at radius 2 is 1.03 bits per heavy atom. The molecule has 0 spiro atoms. The second-order valence-corrected chi connectivity index (χ2v) is 12.1. The van der Waals surface area contributed by atoms with Crippen molar-refractivity contribution in [3.63, 3.8) is 0 Å². The Morgan fingerprint density at radius 1 is 0.694 bits per heavy atom. The Bertz CT molecular complexity index is 1040. The zero-order valence-electron chi connectivity index (χ0n) is 23.0. The molecule has 0 heterocycles. The predicted molar refractivity (Wildman–Crippen MR) is 141 cm³/mol. The van der Waals surface area contributed by atoms with Crippen LogP contribution >= 0.6 is 8.25 Å². The lowest BCUT2D eigenvalue weighted by Crippen LogP contribution is -2.28. The second kappa shape index (κ2) is 11.7. The van der Waals surface area contributed by atoms with Crippen LogP contribution in [0.4, 0.5) is 0 Å². The third-order valence-electron chi connectivity index (χ3n) is 5.52. The summed E-state index contributed by atoms with van der Waals surface area (Å²) in [6.45, 7) is 18.9. The number of carbonyl (C=O) groups is 2. The number of hydrogen-bond donors (Lipinski definition) is 0. The van der Waals surface area contributed by atoms with Crippen LogP contribution in [0.25, 0.3) is 0 Å². The molecular weight excluding hydrogens is 479 g/mol. The Kier molecular flexibility index (Phi) is 9.69. The molecule has 0 fully saturated rings. The number of carbonyl (C=O) groups excluding carboxylic acids is 2. The first kappa shape index (κ1) is 29.8. The van der Waals surface area contributed by atoms with Crippen molar-refractivity contribution in [2.45, 2.75) is 92.3 Å². The Hall–Kier alpha value is -2.47. The third kappa shape index (κ3) is 8.29. The maximum Gasteiger partial charge on any atom is 0.340 e. The number of rotatable bonds is 8. The highest BCUT2D eigenvalue weighted by Crippen LogP contribution is 2.35. The summed E-state index contributed by atoms with van der Waals surface area (Å²) in [4.78, 5) is 25.2. The molecule has 8 heteroatoms. The van der Waals surface area contributed by atoms with Gasteiger partial charge in [-0.05, 0) is 50.7 Å². The van der Waals surface area contributed by atoms with Crippen LogP contribution in [0.1, 0.15) is 77.6 Å². The summed E-state index contributed by atoms with van der Waals surface area (Å²) in [6.07, 6.45) is -2.34. The van der Waals surface area contributed by atoms with E-state index in [1.165, 1.54) is 13.8 Å². The molecular formula is C28H39O7P. The molecule has 36 heavy (non-hydrogen) atoms. The largest absolute Gasteiger partial charge is 0.424 e. The molecule has 0 aliphatic carbocycles. The Balaban J connectivity index is 2.00. The van der Waals surface area contributed by atoms with Gasteiger partial charge in [0, 0.05) is 11.1 Å². The van der Waals surface area contributed by atoms with Crippen LogP contribution in [0.2, 0.25) is 0 Å². The van der Waals surface area contributed by atoms with Gasteiger partial charge in [0.15, 0.2) is 12.2 Å². The minimum absolute atomic E-state index is 0.248. The highest BCUT2D eigenvalue weighted by molar-refractivity contribution is 7.33. The fourth-order valence-electron chi connectivity index (χ4n) is 3.43. The lowest BCUT2D eigenvalue weighted by Gasteiger charge is -2.24. The molecule has 198 valence electrons. The van der Waals surface area contributed by atoms with Gasteiger partial charge in [0.1, 0.15) is 11.5 Å². The standard InChI is InChI=1S/C28H39O7P/c1-17-11-13-23(21(15-17)27(5,6)7)32-25(29)19(3)34-36(31)35-20(4)26(30)33-24-14-12-18(2)16-22(24)28(8,9)10/h11-16,19-20,36H,1-10H3. The van der Waals surface area contributed by atoms with Crippen LogP contribution in [-0.4, -0.2) is 24.1 Å². The second-order valence-electron chi connectivity index (χ2n) is 11.1. The van der Waals surface area contributed by atoms with Crippen LogP contribution in [0, 0.1) is 13.8 Å². The Morgan fingerprint density at radius 3 is 1.33 bits per heavy atom. The highest BCUT2D eigenvalue weighted by atomic mass is 31.1. The molecule has 2 atom stereocenters. The van der Waals surface area contributed by atoms with Crippen molar-refractivity contribution in [1.29, 1.82) is 0 Å². The molecule has 0 radical (unpaired) electrons.